The number of pyridine rings is 1. The summed E-state index contributed by atoms with van der Waals surface area (Å²) in [7, 11) is 0.457. The van der Waals surface area contributed by atoms with Crippen molar-refractivity contribution in [2.45, 2.75) is 25.8 Å². The molecule has 1 saturated heterocycles. The first-order valence-corrected chi connectivity index (χ1v) is 11.6. The smallest absolute Gasteiger partial charge is 0.338 e. The molecule has 3 aromatic rings. The Morgan fingerprint density at radius 2 is 2.17 bits per heavy atom. The van der Waals surface area contributed by atoms with Gasteiger partial charge in [0.25, 0.3) is 0 Å². The fourth-order valence-electron chi connectivity index (χ4n) is 3.53. The summed E-state index contributed by atoms with van der Waals surface area (Å²) < 4.78 is 13.1. The van der Waals surface area contributed by atoms with Crippen LogP contribution in [0.2, 0.25) is 0 Å². The number of carbonyl (C=O) groups excluding carboxylic acids is 1. The van der Waals surface area contributed by atoms with Crippen molar-refractivity contribution < 1.29 is 14.3 Å². The Labute approximate surface area is 177 Å². The lowest BCUT2D eigenvalue weighted by molar-refractivity contribution is 0.0526. The van der Waals surface area contributed by atoms with Crippen LogP contribution in [0.15, 0.2) is 36.5 Å². The molecule has 1 fully saturated rings. The Balaban J connectivity index is 1.63. The van der Waals surface area contributed by atoms with Crippen LogP contribution in [0.4, 0.5) is 5.82 Å². The van der Waals surface area contributed by atoms with E-state index in [1.165, 1.54) is 0 Å². The maximum Gasteiger partial charge on any atom is 0.338 e. The number of fused-ring (bicyclic) bond motifs is 1. The number of hydrogen-bond donors (Lipinski definition) is 2. The summed E-state index contributed by atoms with van der Waals surface area (Å²) >= 11 is 0. The normalized spacial score (nSPS) is 16.8. The minimum Gasteiger partial charge on any atom is -0.462 e. The molecule has 0 spiro atoms. The molecule has 3 heterocycles. The van der Waals surface area contributed by atoms with Crippen molar-refractivity contribution in [1.82, 2.24) is 19.9 Å². The number of carbonyl (C=O) groups is 1. The zero-order valence-corrected chi connectivity index (χ0v) is 18.1. The highest BCUT2D eigenvalue weighted by molar-refractivity contribution is 7.35. The van der Waals surface area contributed by atoms with Crippen molar-refractivity contribution in [1.29, 1.82) is 0 Å². The van der Waals surface area contributed by atoms with E-state index in [9.17, 15) is 4.79 Å². The highest BCUT2D eigenvalue weighted by Gasteiger charge is 2.20. The van der Waals surface area contributed by atoms with Gasteiger partial charge >= 0.3 is 5.97 Å². The summed E-state index contributed by atoms with van der Waals surface area (Å²) in [5.74, 6) is 1.76. The van der Waals surface area contributed by atoms with Crippen molar-refractivity contribution in [3.63, 3.8) is 0 Å². The largest absolute Gasteiger partial charge is 0.462 e. The first kappa shape index (κ1) is 20.6. The fourth-order valence-corrected chi connectivity index (χ4v) is 4.11. The third kappa shape index (κ3) is 4.40. The maximum absolute atomic E-state index is 11.9. The van der Waals surface area contributed by atoms with Crippen molar-refractivity contribution >= 4 is 31.6 Å². The van der Waals surface area contributed by atoms with Crippen LogP contribution in [-0.2, 0) is 4.74 Å². The van der Waals surface area contributed by atoms with Crippen LogP contribution in [0.1, 0.15) is 30.1 Å². The number of hydrogen-bond acceptors (Lipinski definition) is 7. The van der Waals surface area contributed by atoms with Gasteiger partial charge in [-0.15, -0.1) is 5.10 Å². The maximum atomic E-state index is 11.9. The lowest BCUT2D eigenvalue weighted by atomic mass is 10.1. The quantitative estimate of drug-likeness (QED) is 0.440. The van der Waals surface area contributed by atoms with Gasteiger partial charge in [0.15, 0.2) is 11.5 Å². The highest BCUT2D eigenvalue weighted by Crippen LogP contribution is 2.36. The topological polar surface area (TPSA) is 90.3 Å². The number of anilines is 1. The van der Waals surface area contributed by atoms with Gasteiger partial charge in [-0.1, -0.05) is 0 Å². The van der Waals surface area contributed by atoms with Crippen molar-refractivity contribution in [3.8, 4) is 11.5 Å². The minimum absolute atomic E-state index is 0.322. The summed E-state index contributed by atoms with van der Waals surface area (Å²) in [5, 5.41) is 12.6. The Morgan fingerprint density at radius 3 is 2.87 bits per heavy atom. The minimum atomic E-state index is -0.340. The van der Waals surface area contributed by atoms with Gasteiger partial charge in [0.1, 0.15) is 16.9 Å². The van der Waals surface area contributed by atoms with Gasteiger partial charge in [-0.25, -0.2) is 14.2 Å². The average Bonchev–Trinajstić information content (AvgIpc) is 3.13. The molecule has 0 saturated carbocycles. The lowest BCUT2D eigenvalue weighted by Gasteiger charge is -2.23. The highest BCUT2D eigenvalue weighted by atomic mass is 31.1. The summed E-state index contributed by atoms with van der Waals surface area (Å²) in [5.41, 5.74) is 1.29. The van der Waals surface area contributed by atoms with E-state index in [1.54, 1.807) is 37.4 Å². The molecule has 1 unspecified atom stereocenters. The van der Waals surface area contributed by atoms with Crippen molar-refractivity contribution in [2.24, 2.45) is 0 Å². The zero-order valence-electron chi connectivity index (χ0n) is 17.1. The van der Waals surface area contributed by atoms with Crippen molar-refractivity contribution in [3.05, 3.63) is 42.1 Å². The van der Waals surface area contributed by atoms with Crippen LogP contribution in [0.5, 0.6) is 11.5 Å². The number of nitrogens with one attached hydrogen (secondary N) is 2. The second-order valence-electron chi connectivity index (χ2n) is 7.03. The number of ether oxygens (including phenoxy) is 2. The third-order valence-corrected chi connectivity index (χ3v) is 5.71. The standard InChI is InChI=1S/C21H26N5O3P/c1-3-28-21(27)14-6-8-16(9-7-14)29-17-10-12-23-20-18(17)19(25-26(20)30-2)24-15-5-4-11-22-13-15/h6-10,12,15,22,30H,3-5,11,13H2,1-2H3,(H,24,25)/t15-/m1/s1. The molecular formula is C21H26N5O3P. The molecule has 1 aromatic carbocycles. The van der Waals surface area contributed by atoms with Gasteiger partial charge in [-0.05, 0) is 57.2 Å². The molecule has 1 aliphatic heterocycles. The van der Waals surface area contributed by atoms with Gasteiger partial charge in [-0.3, -0.25) is 0 Å². The number of nitrogens with zero attached hydrogens (tertiary/aromatic N) is 3. The third-order valence-electron chi connectivity index (χ3n) is 4.97. The Morgan fingerprint density at radius 1 is 1.33 bits per heavy atom. The molecule has 2 atom stereocenters. The van der Waals surface area contributed by atoms with Crippen LogP contribution < -0.4 is 15.4 Å². The van der Waals surface area contributed by atoms with Crippen LogP contribution in [0.3, 0.4) is 0 Å². The van der Waals surface area contributed by atoms with Crippen LogP contribution >= 0.6 is 8.73 Å². The molecule has 1 aliphatic rings. The molecule has 0 bridgehead atoms. The first-order valence-electron chi connectivity index (χ1n) is 10.2. The number of rotatable bonds is 7. The molecule has 9 heteroatoms. The molecular weight excluding hydrogens is 401 g/mol. The Hall–Kier alpha value is -2.70. The van der Waals surface area contributed by atoms with E-state index in [-0.39, 0.29) is 5.97 Å². The molecule has 30 heavy (non-hydrogen) atoms. The molecule has 2 aromatic heterocycles. The number of esters is 1. The van der Waals surface area contributed by atoms with E-state index in [0.29, 0.717) is 38.4 Å². The number of aromatic nitrogens is 3. The Kier molecular flexibility index (Phi) is 6.45. The molecule has 158 valence electrons. The van der Waals surface area contributed by atoms with E-state index < -0.39 is 0 Å². The van der Waals surface area contributed by atoms with E-state index in [2.05, 4.69) is 22.3 Å². The summed E-state index contributed by atoms with van der Waals surface area (Å²) in [6.45, 7) is 6.17. The van der Waals surface area contributed by atoms with Gasteiger partial charge in [-0.2, -0.15) is 0 Å². The zero-order chi connectivity index (χ0) is 20.9. The lowest BCUT2D eigenvalue weighted by Crippen LogP contribution is -2.38. The fraction of sp³-hybridized carbons (Fsp3) is 0.381. The van der Waals surface area contributed by atoms with E-state index in [0.717, 1.165) is 42.8 Å². The molecule has 0 aliphatic carbocycles. The summed E-state index contributed by atoms with van der Waals surface area (Å²) in [6, 6.07) is 9.11. The molecule has 2 N–H and O–H groups in total. The molecule has 0 amide bonds. The van der Waals surface area contributed by atoms with Crippen LogP contribution in [0.25, 0.3) is 11.0 Å². The van der Waals surface area contributed by atoms with Crippen LogP contribution in [0, 0.1) is 0 Å². The summed E-state index contributed by atoms with van der Waals surface area (Å²) in [4.78, 5) is 16.4. The predicted molar refractivity (Wildman–Crippen MR) is 119 cm³/mol. The average molecular weight is 427 g/mol. The van der Waals surface area contributed by atoms with Crippen molar-refractivity contribution in [2.75, 3.05) is 31.7 Å². The van der Waals surface area contributed by atoms with E-state index in [1.807, 2.05) is 10.5 Å². The SMILES string of the molecule is CCOC(=O)c1ccc(Oc2ccnc3c2c(N[C@@H]2CCCNC2)nn3PC)cc1. The first-order chi connectivity index (χ1) is 14.7. The number of benzene rings is 1. The van der Waals surface area contributed by atoms with E-state index >= 15 is 0 Å². The van der Waals surface area contributed by atoms with Gasteiger partial charge < -0.3 is 20.1 Å². The predicted octanol–water partition coefficient (Wildman–Crippen LogP) is 3.64. The second kappa shape index (κ2) is 9.41. The summed E-state index contributed by atoms with van der Waals surface area (Å²) in [6.07, 6.45) is 3.97. The molecule has 0 radical (unpaired) electrons. The monoisotopic (exact) mass is 427 g/mol. The Bertz CT molecular complexity index is 1020. The van der Waals surface area contributed by atoms with Gasteiger partial charge in [0, 0.05) is 33.6 Å². The van der Waals surface area contributed by atoms with Gasteiger partial charge in [0.05, 0.1) is 12.2 Å². The van der Waals surface area contributed by atoms with Gasteiger partial charge in [0.2, 0.25) is 0 Å². The number of piperidine rings is 1. The second-order valence-corrected chi connectivity index (χ2v) is 7.90. The van der Waals surface area contributed by atoms with E-state index in [4.69, 9.17) is 14.6 Å². The molecule has 8 nitrogen and oxygen atoms in total. The molecule has 4 rings (SSSR count). The van der Waals surface area contributed by atoms with Crippen LogP contribution in [-0.4, -0.2) is 52.9 Å².